The first-order chi connectivity index (χ1) is 12.2. The van der Waals surface area contributed by atoms with Crippen LogP contribution in [0.3, 0.4) is 0 Å². The number of para-hydroxylation sites is 1. The van der Waals surface area contributed by atoms with Gasteiger partial charge < -0.3 is 10.1 Å². The van der Waals surface area contributed by atoms with Gasteiger partial charge in [0.05, 0.1) is 17.0 Å². The Morgan fingerprint density at radius 2 is 2.00 bits per heavy atom. The van der Waals surface area contributed by atoms with Crippen LogP contribution in [0.2, 0.25) is 0 Å². The second-order valence-electron chi connectivity index (χ2n) is 6.56. The molecule has 0 saturated carbocycles. The summed E-state index contributed by atoms with van der Waals surface area (Å²) in [6, 6.07) is 10.9. The number of nitro benzene ring substituents is 1. The summed E-state index contributed by atoms with van der Waals surface area (Å²) >= 11 is 1.35. The molecule has 8 heteroatoms. The lowest BCUT2D eigenvalue weighted by Gasteiger charge is -2.25. The molecule has 136 valence electrons. The Bertz CT molecular complexity index is 822. The molecule has 1 N–H and O–H groups in total. The second kappa shape index (κ2) is 7.97. The molecule has 0 unspecified atom stereocenters. The average molecular weight is 373 g/mol. The molecule has 1 aromatic carbocycles. The van der Waals surface area contributed by atoms with Crippen LogP contribution >= 0.6 is 11.3 Å². The number of thiophene rings is 1. The van der Waals surface area contributed by atoms with Crippen molar-refractivity contribution in [2.45, 2.75) is 38.3 Å². The molecule has 0 aliphatic carbocycles. The molecule has 1 amide bonds. The number of hydrogen-bond donors (Lipinski definition) is 1. The molecular formula is C18H19N3O4S. The number of nitrogens with one attached hydrogen (secondary N) is 1. The van der Waals surface area contributed by atoms with Crippen molar-refractivity contribution in [1.82, 2.24) is 5.32 Å². The third-order valence-electron chi connectivity index (χ3n) is 3.46. The summed E-state index contributed by atoms with van der Waals surface area (Å²) < 4.78 is 5.29. The van der Waals surface area contributed by atoms with Crippen LogP contribution in [0.15, 0.2) is 41.8 Å². The van der Waals surface area contributed by atoms with Gasteiger partial charge in [-0.05, 0) is 32.2 Å². The van der Waals surface area contributed by atoms with Crippen molar-refractivity contribution >= 4 is 23.1 Å². The van der Waals surface area contributed by atoms with Gasteiger partial charge in [0.25, 0.3) is 5.69 Å². The zero-order valence-corrected chi connectivity index (χ0v) is 15.4. The Labute approximate surface area is 155 Å². The summed E-state index contributed by atoms with van der Waals surface area (Å²) in [5, 5.41) is 25.6. The number of carbonyl (C=O) groups excluding carboxylic acids is 1. The molecule has 0 aliphatic heterocycles. The van der Waals surface area contributed by atoms with Crippen LogP contribution in [-0.2, 0) is 4.74 Å². The van der Waals surface area contributed by atoms with Crippen molar-refractivity contribution in [2.75, 3.05) is 0 Å². The van der Waals surface area contributed by atoms with Crippen LogP contribution in [0.1, 0.15) is 43.2 Å². The van der Waals surface area contributed by atoms with Gasteiger partial charge in [0.15, 0.2) is 0 Å². The normalized spacial score (nSPS) is 13.3. The molecule has 1 aromatic heterocycles. The fourth-order valence-corrected chi connectivity index (χ4v) is 3.27. The highest BCUT2D eigenvalue weighted by Crippen LogP contribution is 2.37. The van der Waals surface area contributed by atoms with E-state index in [1.807, 2.05) is 5.38 Å². The number of rotatable bonds is 5. The summed E-state index contributed by atoms with van der Waals surface area (Å²) in [5.41, 5.74) is -0.619. The molecule has 2 atom stereocenters. The van der Waals surface area contributed by atoms with E-state index in [1.54, 1.807) is 39.0 Å². The van der Waals surface area contributed by atoms with Crippen molar-refractivity contribution in [3.05, 3.63) is 62.3 Å². The van der Waals surface area contributed by atoms with Crippen LogP contribution in [0.4, 0.5) is 10.5 Å². The van der Waals surface area contributed by atoms with Crippen molar-refractivity contribution in [1.29, 1.82) is 5.26 Å². The summed E-state index contributed by atoms with van der Waals surface area (Å²) in [5.74, 6) is -0.942. The number of nitro groups is 1. The highest BCUT2D eigenvalue weighted by molar-refractivity contribution is 7.10. The quantitative estimate of drug-likeness (QED) is 0.612. The predicted octanol–water partition coefficient (Wildman–Crippen LogP) is 4.53. The summed E-state index contributed by atoms with van der Waals surface area (Å²) in [7, 11) is 0. The predicted molar refractivity (Wildman–Crippen MR) is 97.9 cm³/mol. The second-order valence-corrected chi connectivity index (χ2v) is 7.54. The van der Waals surface area contributed by atoms with Crippen molar-refractivity contribution in [3.8, 4) is 6.07 Å². The molecule has 0 saturated heterocycles. The maximum atomic E-state index is 12.3. The first kappa shape index (κ1) is 19.4. The van der Waals surface area contributed by atoms with E-state index in [-0.39, 0.29) is 11.3 Å². The Morgan fingerprint density at radius 1 is 1.31 bits per heavy atom. The van der Waals surface area contributed by atoms with E-state index in [1.165, 1.54) is 29.5 Å². The fraction of sp³-hybridized carbons (Fsp3) is 0.333. The molecular weight excluding hydrogens is 354 g/mol. The van der Waals surface area contributed by atoms with Gasteiger partial charge in [-0.1, -0.05) is 24.3 Å². The maximum Gasteiger partial charge on any atom is 0.408 e. The lowest BCUT2D eigenvalue weighted by Crippen LogP contribution is -2.36. The van der Waals surface area contributed by atoms with E-state index >= 15 is 0 Å². The maximum absolute atomic E-state index is 12.3. The fourth-order valence-electron chi connectivity index (χ4n) is 2.46. The third-order valence-corrected chi connectivity index (χ3v) is 4.42. The standard InChI is InChI=1S/C18H19N3O4S/c1-18(2,3)25-17(22)20-16(15-9-6-10-26-15)13(11-19)12-7-4-5-8-14(12)21(23)24/h4-10,13,16H,1-3H3,(H,20,22)/t13-,16+/m1/s1. The minimum absolute atomic E-state index is 0.161. The monoisotopic (exact) mass is 373 g/mol. The van der Waals surface area contributed by atoms with Gasteiger partial charge in [0.2, 0.25) is 0 Å². The number of ether oxygens (including phenoxy) is 1. The zero-order chi connectivity index (χ0) is 19.3. The number of amides is 1. The Morgan fingerprint density at radius 3 is 2.54 bits per heavy atom. The van der Waals surface area contributed by atoms with Gasteiger partial charge in [0, 0.05) is 16.5 Å². The molecule has 2 rings (SSSR count). The summed E-state index contributed by atoms with van der Waals surface area (Å²) in [4.78, 5) is 23.8. The lowest BCUT2D eigenvalue weighted by molar-refractivity contribution is -0.385. The molecule has 0 aliphatic rings. The minimum Gasteiger partial charge on any atom is -0.444 e. The molecule has 0 spiro atoms. The minimum atomic E-state index is -0.942. The molecule has 7 nitrogen and oxygen atoms in total. The number of hydrogen-bond acceptors (Lipinski definition) is 6. The van der Waals surface area contributed by atoms with Gasteiger partial charge in [-0.25, -0.2) is 4.79 Å². The van der Waals surface area contributed by atoms with Gasteiger partial charge in [-0.3, -0.25) is 10.1 Å². The zero-order valence-electron chi connectivity index (χ0n) is 14.6. The van der Waals surface area contributed by atoms with Gasteiger partial charge >= 0.3 is 6.09 Å². The van der Waals surface area contributed by atoms with Gasteiger partial charge in [0.1, 0.15) is 11.5 Å². The largest absolute Gasteiger partial charge is 0.444 e. The van der Waals surface area contributed by atoms with Crippen molar-refractivity contribution in [3.63, 3.8) is 0 Å². The smallest absolute Gasteiger partial charge is 0.408 e. The number of carbonyl (C=O) groups is 1. The topological polar surface area (TPSA) is 105 Å². The Balaban J connectivity index is 2.43. The van der Waals surface area contributed by atoms with E-state index in [4.69, 9.17) is 4.74 Å². The summed E-state index contributed by atoms with van der Waals surface area (Å²) in [6.45, 7) is 5.20. The first-order valence-electron chi connectivity index (χ1n) is 7.89. The number of nitriles is 1. The van der Waals surface area contributed by atoms with Crippen LogP contribution in [0, 0.1) is 21.4 Å². The Hall–Kier alpha value is -2.92. The molecule has 26 heavy (non-hydrogen) atoms. The number of benzene rings is 1. The van der Waals surface area contributed by atoms with E-state index in [0.29, 0.717) is 4.88 Å². The molecule has 2 aromatic rings. The lowest BCUT2D eigenvalue weighted by atomic mass is 9.90. The van der Waals surface area contributed by atoms with E-state index in [0.717, 1.165) is 0 Å². The van der Waals surface area contributed by atoms with E-state index < -0.39 is 28.6 Å². The van der Waals surface area contributed by atoms with Crippen molar-refractivity contribution in [2.24, 2.45) is 0 Å². The number of alkyl carbamates (subject to hydrolysis) is 1. The average Bonchev–Trinajstić information content (AvgIpc) is 3.07. The summed E-state index contributed by atoms with van der Waals surface area (Å²) in [6.07, 6.45) is -0.685. The first-order valence-corrected chi connectivity index (χ1v) is 8.76. The molecule has 0 fully saturated rings. The molecule has 0 bridgehead atoms. The van der Waals surface area contributed by atoms with Crippen LogP contribution in [0.5, 0.6) is 0 Å². The highest BCUT2D eigenvalue weighted by Gasteiger charge is 2.33. The SMILES string of the molecule is CC(C)(C)OC(=O)N[C@H](c1cccs1)[C@H](C#N)c1ccccc1[N+](=O)[O-]. The Kier molecular flexibility index (Phi) is 5.95. The van der Waals surface area contributed by atoms with E-state index in [2.05, 4.69) is 11.4 Å². The van der Waals surface area contributed by atoms with Crippen molar-refractivity contribution < 1.29 is 14.5 Å². The molecule has 0 radical (unpaired) electrons. The van der Waals surface area contributed by atoms with Gasteiger partial charge in [-0.2, -0.15) is 5.26 Å². The number of nitrogens with zero attached hydrogens (tertiary/aromatic N) is 2. The molecule has 1 heterocycles. The van der Waals surface area contributed by atoms with Crippen LogP contribution in [0.25, 0.3) is 0 Å². The van der Waals surface area contributed by atoms with Crippen LogP contribution in [-0.4, -0.2) is 16.6 Å². The van der Waals surface area contributed by atoms with Gasteiger partial charge in [-0.15, -0.1) is 11.3 Å². The van der Waals surface area contributed by atoms with E-state index in [9.17, 15) is 20.2 Å². The highest BCUT2D eigenvalue weighted by atomic mass is 32.1. The van der Waals surface area contributed by atoms with Crippen LogP contribution < -0.4 is 5.32 Å². The third kappa shape index (κ3) is 4.80.